The van der Waals surface area contributed by atoms with E-state index in [1.165, 1.54) is 6.42 Å². The van der Waals surface area contributed by atoms with E-state index in [1.807, 2.05) is 7.05 Å². The van der Waals surface area contributed by atoms with E-state index in [0.29, 0.717) is 19.8 Å². The third-order valence-corrected chi connectivity index (χ3v) is 3.25. The average Bonchev–Trinajstić information content (AvgIpc) is 2.29. The second-order valence-corrected chi connectivity index (χ2v) is 5.04. The molecule has 0 aromatic rings. The molecule has 1 aliphatic rings. The van der Waals surface area contributed by atoms with E-state index >= 15 is 0 Å². The van der Waals surface area contributed by atoms with Crippen LogP contribution in [0.3, 0.4) is 0 Å². The van der Waals surface area contributed by atoms with Gasteiger partial charge in [0.15, 0.2) is 0 Å². The lowest BCUT2D eigenvalue weighted by molar-refractivity contribution is -0.0785. The molecule has 1 aliphatic heterocycles. The normalized spacial score (nSPS) is 19.8. The minimum absolute atomic E-state index is 0.559. The molecule has 0 aromatic carbocycles. The van der Waals surface area contributed by atoms with Crippen LogP contribution < -0.4 is 0 Å². The molecule has 0 spiro atoms. The molecule has 1 fully saturated rings. The summed E-state index contributed by atoms with van der Waals surface area (Å²) in [6.07, 6.45) is 3.79. The van der Waals surface area contributed by atoms with Gasteiger partial charge in [0.25, 0.3) is 0 Å². The van der Waals surface area contributed by atoms with Gasteiger partial charge in [-0.15, -0.1) is 0 Å². The lowest BCUT2D eigenvalue weighted by Gasteiger charge is -2.35. The van der Waals surface area contributed by atoms with Crippen LogP contribution in [0.4, 0.5) is 0 Å². The van der Waals surface area contributed by atoms with Crippen LogP contribution >= 0.6 is 0 Å². The Labute approximate surface area is 105 Å². The van der Waals surface area contributed by atoms with Crippen molar-refractivity contribution in [3.8, 4) is 0 Å². The zero-order valence-electron chi connectivity index (χ0n) is 11.3. The highest BCUT2D eigenvalue weighted by molar-refractivity contribution is 4.83. The van der Waals surface area contributed by atoms with E-state index in [9.17, 15) is 5.11 Å². The molecule has 1 saturated heterocycles. The molecule has 0 unspecified atom stereocenters. The first kappa shape index (κ1) is 14.9. The number of aliphatic hydroxyl groups is 1. The van der Waals surface area contributed by atoms with Crippen LogP contribution in [-0.4, -0.2) is 62.2 Å². The van der Waals surface area contributed by atoms with Gasteiger partial charge in [0, 0.05) is 45.8 Å². The maximum Gasteiger partial charge on any atom is 0.0817 e. The quantitative estimate of drug-likeness (QED) is 0.654. The Kier molecular flexibility index (Phi) is 7.04. The van der Waals surface area contributed by atoms with Crippen molar-refractivity contribution in [2.75, 3.05) is 46.6 Å². The highest BCUT2D eigenvalue weighted by atomic mass is 16.5. The first-order valence-corrected chi connectivity index (χ1v) is 6.73. The van der Waals surface area contributed by atoms with Crippen LogP contribution in [0.25, 0.3) is 0 Å². The summed E-state index contributed by atoms with van der Waals surface area (Å²) in [6.45, 7) is 6.72. The monoisotopic (exact) mass is 245 g/mol. The number of rotatable bonds is 8. The lowest BCUT2D eigenvalue weighted by Crippen LogP contribution is -2.46. The molecule has 102 valence electrons. The van der Waals surface area contributed by atoms with Gasteiger partial charge < -0.3 is 19.5 Å². The fourth-order valence-corrected chi connectivity index (χ4v) is 2.06. The van der Waals surface area contributed by atoms with Gasteiger partial charge in [0.2, 0.25) is 0 Å². The lowest BCUT2D eigenvalue weighted by atomic mass is 9.94. The molecule has 0 bridgehead atoms. The summed E-state index contributed by atoms with van der Waals surface area (Å²) in [6, 6.07) is 0. The third kappa shape index (κ3) is 6.36. The predicted molar refractivity (Wildman–Crippen MR) is 68.2 cm³/mol. The van der Waals surface area contributed by atoms with E-state index in [2.05, 4.69) is 11.8 Å². The van der Waals surface area contributed by atoms with Gasteiger partial charge in [-0.1, -0.05) is 13.3 Å². The van der Waals surface area contributed by atoms with Crippen LogP contribution in [0, 0.1) is 0 Å². The van der Waals surface area contributed by atoms with Crippen LogP contribution in [0.15, 0.2) is 0 Å². The number of hydrogen-bond acceptors (Lipinski definition) is 4. The van der Waals surface area contributed by atoms with Crippen LogP contribution in [-0.2, 0) is 9.47 Å². The molecule has 17 heavy (non-hydrogen) atoms. The summed E-state index contributed by atoms with van der Waals surface area (Å²) in [7, 11) is 2.04. The van der Waals surface area contributed by atoms with E-state index in [-0.39, 0.29) is 0 Å². The molecule has 0 aromatic heterocycles. The molecule has 0 atom stereocenters. The second-order valence-electron chi connectivity index (χ2n) is 5.04. The molecule has 1 heterocycles. The van der Waals surface area contributed by atoms with Gasteiger partial charge in [-0.3, -0.25) is 0 Å². The van der Waals surface area contributed by atoms with Gasteiger partial charge in [-0.25, -0.2) is 0 Å². The van der Waals surface area contributed by atoms with Gasteiger partial charge >= 0.3 is 0 Å². The average molecular weight is 245 g/mol. The maximum atomic E-state index is 10.3. The van der Waals surface area contributed by atoms with E-state index in [1.54, 1.807) is 0 Å². The van der Waals surface area contributed by atoms with Crippen LogP contribution in [0.1, 0.15) is 32.6 Å². The largest absolute Gasteiger partial charge is 0.388 e. The molecule has 0 aliphatic carbocycles. The Hall–Kier alpha value is -0.160. The second kappa shape index (κ2) is 8.03. The first-order chi connectivity index (χ1) is 8.16. The molecule has 0 saturated carbocycles. The van der Waals surface area contributed by atoms with Crippen molar-refractivity contribution in [3.05, 3.63) is 0 Å². The minimum atomic E-state index is -0.559. The zero-order chi connectivity index (χ0) is 12.6. The summed E-state index contributed by atoms with van der Waals surface area (Å²) >= 11 is 0. The SMILES string of the molecule is CCCCOCCN(C)CC1(O)CCOCC1. The van der Waals surface area contributed by atoms with Crippen LogP contribution in [0.2, 0.25) is 0 Å². The molecule has 4 nitrogen and oxygen atoms in total. The standard InChI is InChI=1S/C13H27NO3/c1-3-4-8-16-11-7-14(2)12-13(15)5-9-17-10-6-13/h15H,3-12H2,1-2H3. The summed E-state index contributed by atoms with van der Waals surface area (Å²) in [5.41, 5.74) is -0.559. The highest BCUT2D eigenvalue weighted by Crippen LogP contribution is 2.20. The highest BCUT2D eigenvalue weighted by Gasteiger charge is 2.30. The summed E-state index contributed by atoms with van der Waals surface area (Å²) in [5, 5.41) is 10.3. The fourth-order valence-electron chi connectivity index (χ4n) is 2.06. The Bertz CT molecular complexity index is 193. The molecular weight excluding hydrogens is 218 g/mol. The van der Waals surface area contributed by atoms with Gasteiger partial charge in [0.05, 0.1) is 12.2 Å². The first-order valence-electron chi connectivity index (χ1n) is 6.73. The van der Waals surface area contributed by atoms with Crippen molar-refractivity contribution in [2.24, 2.45) is 0 Å². The Balaban J connectivity index is 2.08. The number of likely N-dealkylation sites (N-methyl/N-ethyl adjacent to an activating group) is 1. The Morgan fingerprint density at radius 2 is 2.00 bits per heavy atom. The molecule has 0 radical (unpaired) electrons. The Morgan fingerprint density at radius 1 is 1.29 bits per heavy atom. The van der Waals surface area contributed by atoms with E-state index < -0.39 is 5.60 Å². The van der Waals surface area contributed by atoms with E-state index in [0.717, 1.165) is 39.0 Å². The Morgan fingerprint density at radius 3 is 2.65 bits per heavy atom. The van der Waals surface area contributed by atoms with Gasteiger partial charge in [-0.2, -0.15) is 0 Å². The molecule has 0 amide bonds. The van der Waals surface area contributed by atoms with Crippen molar-refractivity contribution in [1.29, 1.82) is 0 Å². The van der Waals surface area contributed by atoms with Crippen molar-refractivity contribution in [2.45, 2.75) is 38.2 Å². The smallest absolute Gasteiger partial charge is 0.0817 e. The summed E-state index contributed by atoms with van der Waals surface area (Å²) in [5.74, 6) is 0. The predicted octanol–water partition coefficient (Wildman–Crippen LogP) is 1.28. The summed E-state index contributed by atoms with van der Waals surface area (Å²) < 4.78 is 10.8. The molecular formula is C13H27NO3. The molecule has 1 N–H and O–H groups in total. The number of hydrogen-bond donors (Lipinski definition) is 1. The van der Waals surface area contributed by atoms with Crippen molar-refractivity contribution < 1.29 is 14.6 Å². The zero-order valence-corrected chi connectivity index (χ0v) is 11.3. The van der Waals surface area contributed by atoms with Gasteiger partial charge in [-0.05, 0) is 13.5 Å². The van der Waals surface area contributed by atoms with Gasteiger partial charge in [0.1, 0.15) is 0 Å². The number of ether oxygens (including phenoxy) is 2. The topological polar surface area (TPSA) is 41.9 Å². The number of unbranched alkanes of at least 4 members (excludes halogenated alkanes) is 1. The van der Waals surface area contributed by atoms with Crippen LogP contribution in [0.5, 0.6) is 0 Å². The number of nitrogens with zero attached hydrogens (tertiary/aromatic N) is 1. The van der Waals surface area contributed by atoms with Crippen molar-refractivity contribution in [1.82, 2.24) is 4.90 Å². The third-order valence-electron chi connectivity index (χ3n) is 3.25. The maximum absolute atomic E-state index is 10.3. The fraction of sp³-hybridized carbons (Fsp3) is 1.00. The summed E-state index contributed by atoms with van der Waals surface area (Å²) in [4.78, 5) is 2.15. The molecule has 4 heteroatoms. The van der Waals surface area contributed by atoms with E-state index in [4.69, 9.17) is 9.47 Å². The van der Waals surface area contributed by atoms with Crippen molar-refractivity contribution >= 4 is 0 Å². The van der Waals surface area contributed by atoms with Crippen molar-refractivity contribution in [3.63, 3.8) is 0 Å². The minimum Gasteiger partial charge on any atom is -0.388 e. The molecule has 1 rings (SSSR count).